The van der Waals surface area contributed by atoms with Crippen LogP contribution in [0, 0.1) is 5.92 Å². The lowest BCUT2D eigenvalue weighted by Crippen LogP contribution is -2.40. The van der Waals surface area contributed by atoms with Crippen molar-refractivity contribution < 1.29 is 9.53 Å². The Morgan fingerprint density at radius 3 is 2.70 bits per heavy atom. The second-order valence-corrected chi connectivity index (χ2v) is 5.07. The number of benzene rings is 1. The fourth-order valence-corrected chi connectivity index (χ4v) is 2.64. The van der Waals surface area contributed by atoms with Gasteiger partial charge in [0.15, 0.2) is 0 Å². The zero-order chi connectivity index (χ0) is 13.7. The Kier molecular flexibility index (Phi) is 6.82. The van der Waals surface area contributed by atoms with Gasteiger partial charge in [-0.15, -0.1) is 12.4 Å². The summed E-state index contributed by atoms with van der Waals surface area (Å²) in [5, 5.41) is 0. The minimum Gasteiger partial charge on any atom is -0.497 e. The Hall–Kier alpha value is -1.26. The Bertz CT molecular complexity index is 420. The Morgan fingerprint density at radius 2 is 2.10 bits per heavy atom. The van der Waals surface area contributed by atoms with Crippen LogP contribution in [0.1, 0.15) is 29.6 Å². The van der Waals surface area contributed by atoms with Crippen molar-refractivity contribution in [3.05, 3.63) is 29.8 Å². The van der Waals surface area contributed by atoms with Gasteiger partial charge in [-0.1, -0.05) is 0 Å². The monoisotopic (exact) mass is 298 g/mol. The molecular formula is C15H23ClN2O2. The van der Waals surface area contributed by atoms with E-state index in [-0.39, 0.29) is 18.3 Å². The van der Waals surface area contributed by atoms with E-state index in [1.54, 1.807) is 7.11 Å². The molecule has 0 spiro atoms. The van der Waals surface area contributed by atoms with Crippen LogP contribution in [0.4, 0.5) is 0 Å². The van der Waals surface area contributed by atoms with Crippen molar-refractivity contribution in [2.24, 2.45) is 11.7 Å². The summed E-state index contributed by atoms with van der Waals surface area (Å²) in [5.74, 6) is 1.45. The van der Waals surface area contributed by atoms with Crippen molar-refractivity contribution in [3.8, 4) is 5.75 Å². The predicted octanol–water partition coefficient (Wildman–Crippen LogP) is 2.32. The van der Waals surface area contributed by atoms with Crippen molar-refractivity contribution >= 4 is 18.3 Å². The first-order valence-corrected chi connectivity index (χ1v) is 6.88. The molecular weight excluding hydrogens is 276 g/mol. The number of hydrogen-bond acceptors (Lipinski definition) is 3. The van der Waals surface area contributed by atoms with Gasteiger partial charge in [-0.25, -0.2) is 0 Å². The molecule has 1 heterocycles. The van der Waals surface area contributed by atoms with Gasteiger partial charge in [-0.3, -0.25) is 4.79 Å². The predicted molar refractivity (Wildman–Crippen MR) is 82.5 cm³/mol. The summed E-state index contributed by atoms with van der Waals surface area (Å²) in [7, 11) is 1.62. The molecule has 1 fully saturated rings. The Morgan fingerprint density at radius 1 is 1.40 bits per heavy atom. The second kappa shape index (κ2) is 8.12. The molecule has 1 saturated heterocycles. The van der Waals surface area contributed by atoms with Gasteiger partial charge in [0.25, 0.3) is 5.91 Å². The first-order valence-electron chi connectivity index (χ1n) is 6.88. The zero-order valence-corrected chi connectivity index (χ0v) is 12.7. The van der Waals surface area contributed by atoms with Crippen molar-refractivity contribution in [3.63, 3.8) is 0 Å². The third kappa shape index (κ3) is 4.12. The molecule has 0 radical (unpaired) electrons. The van der Waals surface area contributed by atoms with Gasteiger partial charge in [-0.05, 0) is 56.0 Å². The number of ether oxygens (including phenoxy) is 1. The molecule has 0 bridgehead atoms. The molecule has 1 aromatic carbocycles. The van der Waals surface area contributed by atoms with Crippen molar-refractivity contribution in [2.45, 2.75) is 19.3 Å². The number of nitrogens with zero attached hydrogens (tertiary/aromatic N) is 1. The van der Waals surface area contributed by atoms with Crippen LogP contribution in [0.5, 0.6) is 5.75 Å². The molecule has 1 unspecified atom stereocenters. The summed E-state index contributed by atoms with van der Waals surface area (Å²) < 4.78 is 5.10. The van der Waals surface area contributed by atoms with E-state index in [2.05, 4.69) is 0 Å². The molecule has 2 rings (SSSR count). The van der Waals surface area contributed by atoms with E-state index in [1.807, 2.05) is 29.2 Å². The molecule has 1 amide bonds. The molecule has 1 aliphatic heterocycles. The summed E-state index contributed by atoms with van der Waals surface area (Å²) in [4.78, 5) is 14.4. The lowest BCUT2D eigenvalue weighted by atomic mass is 9.94. The van der Waals surface area contributed by atoms with Crippen LogP contribution in [0.25, 0.3) is 0 Å². The topological polar surface area (TPSA) is 55.6 Å². The number of carbonyl (C=O) groups excluding carboxylic acids is 1. The molecule has 0 aromatic heterocycles. The number of hydrogen-bond donors (Lipinski definition) is 1. The van der Waals surface area contributed by atoms with Crippen molar-refractivity contribution in [1.29, 1.82) is 0 Å². The smallest absolute Gasteiger partial charge is 0.253 e. The third-order valence-corrected chi connectivity index (χ3v) is 3.72. The Balaban J connectivity index is 0.00000200. The number of halogens is 1. The maximum Gasteiger partial charge on any atom is 0.253 e. The van der Waals surface area contributed by atoms with Crippen LogP contribution in [-0.4, -0.2) is 37.6 Å². The van der Waals surface area contributed by atoms with E-state index in [1.165, 1.54) is 6.42 Å². The second-order valence-electron chi connectivity index (χ2n) is 5.07. The minimum absolute atomic E-state index is 0. The standard InChI is InChI=1S/C15H22N2O2.ClH/c1-19-14-6-4-13(5-7-14)15(18)17-10-2-3-12(11-17)8-9-16;/h4-7,12H,2-3,8-11,16H2,1H3;1H. The fraction of sp³-hybridized carbons (Fsp3) is 0.533. The van der Waals surface area contributed by atoms with Gasteiger partial charge in [0.05, 0.1) is 7.11 Å². The molecule has 1 atom stereocenters. The lowest BCUT2D eigenvalue weighted by molar-refractivity contribution is 0.0669. The van der Waals surface area contributed by atoms with E-state index < -0.39 is 0 Å². The number of amides is 1. The highest BCUT2D eigenvalue weighted by molar-refractivity contribution is 5.94. The zero-order valence-electron chi connectivity index (χ0n) is 11.9. The number of nitrogens with two attached hydrogens (primary N) is 1. The maximum absolute atomic E-state index is 12.4. The van der Waals surface area contributed by atoms with E-state index in [9.17, 15) is 4.79 Å². The highest BCUT2D eigenvalue weighted by Gasteiger charge is 2.23. The molecule has 0 saturated carbocycles. The maximum atomic E-state index is 12.4. The molecule has 1 aliphatic rings. The number of likely N-dealkylation sites (tertiary alicyclic amines) is 1. The quantitative estimate of drug-likeness (QED) is 0.928. The average Bonchev–Trinajstić information content (AvgIpc) is 2.47. The van der Waals surface area contributed by atoms with Gasteiger partial charge >= 0.3 is 0 Å². The Labute approximate surface area is 126 Å². The average molecular weight is 299 g/mol. The molecule has 2 N–H and O–H groups in total. The van der Waals surface area contributed by atoms with Crippen LogP contribution >= 0.6 is 12.4 Å². The van der Waals surface area contributed by atoms with Crippen LogP contribution in [0.3, 0.4) is 0 Å². The minimum atomic E-state index is 0. The van der Waals surface area contributed by atoms with Crippen molar-refractivity contribution in [2.75, 3.05) is 26.7 Å². The normalized spacial score (nSPS) is 18.3. The van der Waals surface area contributed by atoms with Gasteiger partial charge in [0.1, 0.15) is 5.75 Å². The van der Waals surface area contributed by atoms with E-state index >= 15 is 0 Å². The third-order valence-electron chi connectivity index (χ3n) is 3.72. The van der Waals surface area contributed by atoms with E-state index in [0.29, 0.717) is 12.5 Å². The summed E-state index contributed by atoms with van der Waals surface area (Å²) in [6.45, 7) is 2.39. The van der Waals surface area contributed by atoms with Crippen molar-refractivity contribution in [1.82, 2.24) is 4.90 Å². The van der Waals surface area contributed by atoms with E-state index in [4.69, 9.17) is 10.5 Å². The van der Waals surface area contributed by atoms with Gasteiger partial charge in [0, 0.05) is 18.7 Å². The number of piperidine rings is 1. The van der Waals surface area contributed by atoms with E-state index in [0.717, 1.165) is 37.2 Å². The molecule has 1 aromatic rings. The molecule has 5 heteroatoms. The van der Waals surface area contributed by atoms with Gasteiger partial charge in [0.2, 0.25) is 0 Å². The summed E-state index contributed by atoms with van der Waals surface area (Å²) in [5.41, 5.74) is 6.34. The van der Waals surface area contributed by atoms with Crippen LogP contribution in [0.2, 0.25) is 0 Å². The SMILES string of the molecule is COc1ccc(C(=O)N2CCCC(CCN)C2)cc1.Cl. The first kappa shape index (κ1) is 16.8. The van der Waals surface area contributed by atoms with Gasteiger partial charge in [-0.2, -0.15) is 0 Å². The largest absolute Gasteiger partial charge is 0.497 e. The highest BCUT2D eigenvalue weighted by Crippen LogP contribution is 2.21. The fourth-order valence-electron chi connectivity index (χ4n) is 2.64. The van der Waals surface area contributed by atoms with Crippen LogP contribution in [-0.2, 0) is 0 Å². The molecule has 4 nitrogen and oxygen atoms in total. The summed E-state index contributed by atoms with van der Waals surface area (Å²) in [6.07, 6.45) is 3.27. The van der Waals surface area contributed by atoms with Crippen LogP contribution < -0.4 is 10.5 Å². The van der Waals surface area contributed by atoms with Crippen LogP contribution in [0.15, 0.2) is 24.3 Å². The van der Waals surface area contributed by atoms with Gasteiger partial charge < -0.3 is 15.4 Å². The highest BCUT2D eigenvalue weighted by atomic mass is 35.5. The summed E-state index contributed by atoms with van der Waals surface area (Å²) in [6, 6.07) is 7.31. The number of carbonyl (C=O) groups is 1. The number of rotatable bonds is 4. The summed E-state index contributed by atoms with van der Waals surface area (Å²) >= 11 is 0. The first-order chi connectivity index (χ1) is 9.24. The molecule has 112 valence electrons. The molecule has 0 aliphatic carbocycles. The lowest BCUT2D eigenvalue weighted by Gasteiger charge is -2.32. The number of methoxy groups -OCH3 is 1. The molecule has 20 heavy (non-hydrogen) atoms.